The van der Waals surface area contributed by atoms with Gasteiger partial charge in [-0.15, -0.1) is 0 Å². The van der Waals surface area contributed by atoms with Crippen molar-refractivity contribution in [3.05, 3.63) is 66.1 Å². The van der Waals surface area contributed by atoms with Gasteiger partial charge >= 0.3 is 0 Å². The van der Waals surface area contributed by atoms with Gasteiger partial charge in [-0.2, -0.15) is 4.98 Å². The van der Waals surface area contributed by atoms with Gasteiger partial charge in [0.25, 0.3) is 0 Å². The molecule has 1 amide bonds. The molecule has 3 rings (SSSR count). The Bertz CT molecular complexity index is 1060. The van der Waals surface area contributed by atoms with E-state index in [1.54, 1.807) is 31.2 Å². The van der Waals surface area contributed by atoms with Crippen LogP contribution in [-0.4, -0.2) is 37.3 Å². The average Bonchev–Trinajstić information content (AvgIpc) is 3.14. The Morgan fingerprint density at radius 1 is 1.11 bits per heavy atom. The number of hydrogen-bond donors (Lipinski definition) is 1. The zero-order valence-corrected chi connectivity index (χ0v) is 16.3. The van der Waals surface area contributed by atoms with E-state index < -0.39 is 15.9 Å². The zero-order valence-electron chi connectivity index (χ0n) is 15.5. The summed E-state index contributed by atoms with van der Waals surface area (Å²) in [5, 5.41) is 6.49. The van der Waals surface area contributed by atoms with Crippen LogP contribution in [-0.2, 0) is 21.4 Å². The van der Waals surface area contributed by atoms with Gasteiger partial charge in [0, 0.05) is 5.56 Å². The van der Waals surface area contributed by atoms with Crippen molar-refractivity contribution < 1.29 is 17.7 Å². The number of carbonyl (C=O) groups excluding carboxylic acids is 1. The quantitative estimate of drug-likeness (QED) is 0.651. The Morgan fingerprint density at radius 3 is 2.46 bits per heavy atom. The molecule has 2 aromatic carbocycles. The molecule has 0 aliphatic rings. The molecular formula is C19H20N4O4S. The molecule has 1 N–H and O–H groups in total. The SMILES string of the molecule is Cc1ccccc1N(CC(=O)NCc1nc(-c2ccccc2)no1)S(C)(=O)=O. The highest BCUT2D eigenvalue weighted by Gasteiger charge is 2.22. The van der Waals surface area contributed by atoms with Gasteiger partial charge in [0.1, 0.15) is 6.54 Å². The van der Waals surface area contributed by atoms with Crippen LogP contribution in [0.2, 0.25) is 0 Å². The van der Waals surface area contributed by atoms with Gasteiger partial charge in [0.2, 0.25) is 27.6 Å². The molecule has 0 aliphatic carbocycles. The maximum atomic E-state index is 12.3. The van der Waals surface area contributed by atoms with Gasteiger partial charge in [-0.1, -0.05) is 53.7 Å². The number of anilines is 1. The normalized spacial score (nSPS) is 11.2. The lowest BCUT2D eigenvalue weighted by atomic mass is 10.2. The molecule has 28 heavy (non-hydrogen) atoms. The minimum atomic E-state index is -3.63. The monoisotopic (exact) mass is 400 g/mol. The van der Waals surface area contributed by atoms with Crippen molar-refractivity contribution >= 4 is 21.6 Å². The van der Waals surface area contributed by atoms with Crippen LogP contribution in [0.1, 0.15) is 11.5 Å². The van der Waals surface area contributed by atoms with Crippen LogP contribution in [0.5, 0.6) is 0 Å². The van der Waals surface area contributed by atoms with Crippen LogP contribution in [0.4, 0.5) is 5.69 Å². The Labute approximate surface area is 163 Å². The summed E-state index contributed by atoms with van der Waals surface area (Å²) in [5.41, 5.74) is 2.01. The molecule has 0 saturated carbocycles. The van der Waals surface area contributed by atoms with E-state index in [2.05, 4.69) is 15.5 Å². The van der Waals surface area contributed by atoms with Crippen LogP contribution < -0.4 is 9.62 Å². The first-order chi connectivity index (χ1) is 13.3. The predicted molar refractivity (Wildman–Crippen MR) is 105 cm³/mol. The van der Waals surface area contributed by atoms with Gasteiger partial charge < -0.3 is 9.84 Å². The van der Waals surface area contributed by atoms with Gasteiger partial charge in [-0.3, -0.25) is 9.10 Å². The number of aromatic nitrogens is 2. The standard InChI is InChI=1S/C19H20N4O4S/c1-14-8-6-7-11-16(14)23(28(2,25)26)13-17(24)20-12-18-21-19(22-27-18)15-9-4-3-5-10-15/h3-11H,12-13H2,1-2H3,(H,20,24). The highest BCUT2D eigenvalue weighted by Crippen LogP contribution is 2.21. The predicted octanol–water partition coefficient (Wildman–Crippen LogP) is 2.13. The number of carbonyl (C=O) groups is 1. The fraction of sp³-hybridized carbons (Fsp3) is 0.211. The molecule has 8 nitrogen and oxygen atoms in total. The average molecular weight is 400 g/mol. The van der Waals surface area contributed by atoms with E-state index in [1.165, 1.54) is 0 Å². The first-order valence-corrected chi connectivity index (χ1v) is 10.4. The van der Waals surface area contributed by atoms with E-state index in [9.17, 15) is 13.2 Å². The van der Waals surface area contributed by atoms with Crippen LogP contribution in [0, 0.1) is 6.92 Å². The maximum Gasteiger partial charge on any atom is 0.246 e. The second-order valence-electron chi connectivity index (χ2n) is 6.21. The summed E-state index contributed by atoms with van der Waals surface area (Å²) in [6.45, 7) is 1.45. The fourth-order valence-electron chi connectivity index (χ4n) is 2.62. The van der Waals surface area contributed by atoms with E-state index in [1.807, 2.05) is 30.3 Å². The Hall–Kier alpha value is -3.20. The summed E-state index contributed by atoms with van der Waals surface area (Å²) >= 11 is 0. The Balaban J connectivity index is 1.66. The summed E-state index contributed by atoms with van der Waals surface area (Å²) in [4.78, 5) is 16.6. The minimum absolute atomic E-state index is 0.00401. The number of hydrogen-bond acceptors (Lipinski definition) is 6. The van der Waals surface area contributed by atoms with Crippen molar-refractivity contribution in [2.24, 2.45) is 0 Å². The first kappa shape index (κ1) is 19.6. The summed E-state index contributed by atoms with van der Waals surface area (Å²) in [7, 11) is -3.63. The second kappa shape index (κ2) is 8.22. The number of nitrogens with one attached hydrogen (secondary N) is 1. The molecular weight excluding hydrogens is 380 g/mol. The van der Waals surface area contributed by atoms with Gasteiger partial charge in [-0.05, 0) is 18.6 Å². The number of benzene rings is 2. The lowest BCUT2D eigenvalue weighted by Crippen LogP contribution is -2.40. The van der Waals surface area contributed by atoms with Crippen molar-refractivity contribution in [1.82, 2.24) is 15.5 Å². The molecule has 0 fully saturated rings. The molecule has 0 bridgehead atoms. The van der Waals surface area contributed by atoms with E-state index in [0.717, 1.165) is 21.7 Å². The van der Waals surface area contributed by atoms with E-state index >= 15 is 0 Å². The van der Waals surface area contributed by atoms with Crippen LogP contribution >= 0.6 is 0 Å². The third-order valence-corrected chi connectivity index (χ3v) is 5.14. The molecule has 0 radical (unpaired) electrons. The first-order valence-electron chi connectivity index (χ1n) is 8.52. The Morgan fingerprint density at radius 2 is 1.79 bits per heavy atom. The molecule has 0 atom stereocenters. The van der Waals surface area contributed by atoms with E-state index in [-0.39, 0.29) is 19.0 Å². The number of rotatable bonds is 7. The lowest BCUT2D eigenvalue weighted by Gasteiger charge is -2.23. The van der Waals surface area contributed by atoms with Gasteiger partial charge in [0.15, 0.2) is 0 Å². The Kier molecular flexibility index (Phi) is 5.74. The molecule has 3 aromatic rings. The molecule has 0 spiro atoms. The largest absolute Gasteiger partial charge is 0.345 e. The van der Waals surface area contributed by atoms with Crippen LogP contribution in [0.25, 0.3) is 11.4 Å². The van der Waals surface area contributed by atoms with Crippen LogP contribution in [0.15, 0.2) is 59.1 Å². The molecule has 0 unspecified atom stereocenters. The molecule has 1 aromatic heterocycles. The number of amides is 1. The summed E-state index contributed by atoms with van der Waals surface area (Å²) in [6, 6.07) is 16.3. The minimum Gasteiger partial charge on any atom is -0.345 e. The number of nitrogens with zero attached hydrogens (tertiary/aromatic N) is 3. The van der Waals surface area contributed by atoms with Crippen molar-refractivity contribution in [2.75, 3.05) is 17.1 Å². The van der Waals surface area contributed by atoms with Crippen molar-refractivity contribution in [3.8, 4) is 11.4 Å². The molecule has 146 valence electrons. The molecule has 0 aliphatic heterocycles. The smallest absolute Gasteiger partial charge is 0.246 e. The second-order valence-corrected chi connectivity index (χ2v) is 8.12. The highest BCUT2D eigenvalue weighted by molar-refractivity contribution is 7.92. The maximum absolute atomic E-state index is 12.3. The molecule has 0 saturated heterocycles. The van der Waals surface area contributed by atoms with Gasteiger partial charge in [-0.25, -0.2) is 8.42 Å². The fourth-order valence-corrected chi connectivity index (χ4v) is 3.53. The number of aryl methyl sites for hydroxylation is 1. The lowest BCUT2D eigenvalue weighted by molar-refractivity contribution is -0.119. The molecule has 1 heterocycles. The third-order valence-electron chi connectivity index (χ3n) is 4.01. The highest BCUT2D eigenvalue weighted by atomic mass is 32.2. The third kappa shape index (κ3) is 4.74. The summed E-state index contributed by atoms with van der Waals surface area (Å²) < 4.78 is 30.5. The van der Waals surface area contributed by atoms with Crippen LogP contribution in [0.3, 0.4) is 0 Å². The summed E-state index contributed by atoms with van der Waals surface area (Å²) in [6.07, 6.45) is 1.07. The zero-order chi connectivity index (χ0) is 20.1. The topological polar surface area (TPSA) is 105 Å². The summed E-state index contributed by atoms with van der Waals surface area (Å²) in [5.74, 6) is 0.171. The van der Waals surface area contributed by atoms with E-state index in [0.29, 0.717) is 11.5 Å². The number of para-hydroxylation sites is 1. The van der Waals surface area contributed by atoms with E-state index in [4.69, 9.17) is 4.52 Å². The molecule has 9 heteroatoms. The number of sulfonamides is 1. The van der Waals surface area contributed by atoms with Gasteiger partial charge in [0.05, 0.1) is 18.5 Å². The van der Waals surface area contributed by atoms with Crippen molar-refractivity contribution in [3.63, 3.8) is 0 Å². The van der Waals surface area contributed by atoms with Crippen molar-refractivity contribution in [2.45, 2.75) is 13.5 Å². The van der Waals surface area contributed by atoms with Crippen molar-refractivity contribution in [1.29, 1.82) is 0 Å².